The molecule has 3 N–H and O–H groups in total. The molecular weight excluding hydrogens is 271 g/mol. The Bertz CT molecular complexity index is 671. The number of benzene rings is 2. The molecule has 5 heteroatoms. The molecule has 2 aromatic rings. The zero-order valence-corrected chi connectivity index (χ0v) is 11.3. The average Bonchev–Trinajstić information content (AvgIpc) is 2.45. The molecule has 0 spiro atoms. The molecule has 108 valence electrons. The number of aryl methyl sites for hydroxylation is 1. The molecule has 0 saturated carbocycles. The lowest BCUT2D eigenvalue weighted by molar-refractivity contribution is -0.116. The van der Waals surface area contributed by atoms with Gasteiger partial charge < -0.3 is 11.1 Å². The Morgan fingerprint density at radius 2 is 1.86 bits per heavy atom. The zero-order chi connectivity index (χ0) is 15.2. The van der Waals surface area contributed by atoms with Crippen LogP contribution >= 0.6 is 0 Å². The first-order valence-corrected chi connectivity index (χ1v) is 6.49. The van der Waals surface area contributed by atoms with Gasteiger partial charge in [0.25, 0.3) is 5.91 Å². The first kappa shape index (κ1) is 14.7. The molecule has 0 heterocycles. The van der Waals surface area contributed by atoms with Gasteiger partial charge in [-0.15, -0.1) is 0 Å². The largest absolute Gasteiger partial charge is 0.366 e. The van der Waals surface area contributed by atoms with E-state index in [9.17, 15) is 14.0 Å². The average molecular weight is 286 g/mol. The van der Waals surface area contributed by atoms with Crippen LogP contribution in [0.2, 0.25) is 0 Å². The third kappa shape index (κ3) is 4.14. The Kier molecular flexibility index (Phi) is 4.66. The number of para-hydroxylation sites is 1. The molecule has 2 rings (SSSR count). The number of nitrogens with one attached hydrogen (secondary N) is 1. The fourth-order valence-corrected chi connectivity index (χ4v) is 1.97. The van der Waals surface area contributed by atoms with Gasteiger partial charge in [0.05, 0.1) is 11.3 Å². The molecular formula is C16H15FN2O2. The molecule has 0 bridgehead atoms. The van der Waals surface area contributed by atoms with Crippen LogP contribution < -0.4 is 11.1 Å². The second-order valence-electron chi connectivity index (χ2n) is 4.59. The third-order valence-electron chi connectivity index (χ3n) is 3.00. The summed E-state index contributed by atoms with van der Waals surface area (Å²) in [5, 5.41) is 2.64. The molecule has 0 fully saturated rings. The molecule has 21 heavy (non-hydrogen) atoms. The minimum absolute atomic E-state index is 0.191. The van der Waals surface area contributed by atoms with Crippen LogP contribution in [-0.2, 0) is 11.2 Å². The first-order valence-electron chi connectivity index (χ1n) is 6.49. The fourth-order valence-electron chi connectivity index (χ4n) is 1.97. The van der Waals surface area contributed by atoms with Crippen LogP contribution in [0.1, 0.15) is 22.3 Å². The van der Waals surface area contributed by atoms with Crippen molar-refractivity contribution in [1.82, 2.24) is 0 Å². The highest BCUT2D eigenvalue weighted by Gasteiger charge is 2.10. The van der Waals surface area contributed by atoms with Gasteiger partial charge in [-0.1, -0.05) is 24.3 Å². The first-order chi connectivity index (χ1) is 10.1. The van der Waals surface area contributed by atoms with Crippen LogP contribution in [0.3, 0.4) is 0 Å². The number of carbonyl (C=O) groups is 2. The molecule has 2 amide bonds. The second-order valence-corrected chi connectivity index (χ2v) is 4.59. The van der Waals surface area contributed by atoms with E-state index in [2.05, 4.69) is 5.32 Å². The monoisotopic (exact) mass is 286 g/mol. The van der Waals surface area contributed by atoms with Gasteiger partial charge in [0.2, 0.25) is 5.91 Å². The predicted molar refractivity (Wildman–Crippen MR) is 78.3 cm³/mol. The molecule has 0 aliphatic heterocycles. The van der Waals surface area contributed by atoms with Gasteiger partial charge in [-0.05, 0) is 36.2 Å². The second kappa shape index (κ2) is 6.65. The maximum absolute atomic E-state index is 13.0. The number of nitrogens with two attached hydrogens (primary N) is 1. The number of anilines is 1. The number of hydrogen-bond acceptors (Lipinski definition) is 2. The van der Waals surface area contributed by atoms with Crippen LogP contribution in [0.4, 0.5) is 10.1 Å². The van der Waals surface area contributed by atoms with Crippen molar-refractivity contribution < 1.29 is 14.0 Å². The summed E-state index contributed by atoms with van der Waals surface area (Å²) in [7, 11) is 0. The van der Waals surface area contributed by atoms with Crippen LogP contribution in [0.15, 0.2) is 48.5 Å². The summed E-state index contributed by atoms with van der Waals surface area (Å²) in [6, 6.07) is 12.6. The van der Waals surface area contributed by atoms with Crippen LogP contribution in [0.25, 0.3) is 0 Å². The predicted octanol–water partition coefficient (Wildman–Crippen LogP) is 2.50. The van der Waals surface area contributed by atoms with E-state index in [-0.39, 0.29) is 23.7 Å². The van der Waals surface area contributed by atoms with Gasteiger partial charge >= 0.3 is 0 Å². The maximum atomic E-state index is 13.0. The molecule has 0 radical (unpaired) electrons. The highest BCUT2D eigenvalue weighted by molar-refractivity contribution is 6.02. The lowest BCUT2D eigenvalue weighted by atomic mass is 10.1. The summed E-state index contributed by atoms with van der Waals surface area (Å²) >= 11 is 0. The number of primary amides is 1. The highest BCUT2D eigenvalue weighted by atomic mass is 19.1. The Morgan fingerprint density at radius 1 is 1.10 bits per heavy atom. The van der Waals surface area contributed by atoms with Crippen molar-refractivity contribution >= 4 is 17.5 Å². The van der Waals surface area contributed by atoms with E-state index in [1.54, 1.807) is 36.4 Å². The highest BCUT2D eigenvalue weighted by Crippen LogP contribution is 2.15. The van der Waals surface area contributed by atoms with E-state index < -0.39 is 5.91 Å². The van der Waals surface area contributed by atoms with Gasteiger partial charge in [0.1, 0.15) is 5.82 Å². The number of hydrogen-bond donors (Lipinski definition) is 2. The third-order valence-corrected chi connectivity index (χ3v) is 3.00. The minimum Gasteiger partial charge on any atom is -0.366 e. The van der Waals surface area contributed by atoms with Crippen LogP contribution in [0, 0.1) is 5.82 Å². The molecule has 0 aromatic heterocycles. The van der Waals surface area contributed by atoms with E-state index >= 15 is 0 Å². The van der Waals surface area contributed by atoms with Crippen molar-refractivity contribution in [2.45, 2.75) is 12.8 Å². The van der Waals surface area contributed by atoms with Gasteiger partial charge in [0, 0.05) is 6.42 Å². The quantitative estimate of drug-likeness (QED) is 0.886. The maximum Gasteiger partial charge on any atom is 0.250 e. The molecule has 0 aliphatic rings. The molecule has 0 saturated heterocycles. The molecule has 4 nitrogen and oxygen atoms in total. The van der Waals surface area contributed by atoms with Gasteiger partial charge in [-0.25, -0.2) is 4.39 Å². The topological polar surface area (TPSA) is 72.2 Å². The summed E-state index contributed by atoms with van der Waals surface area (Å²) in [5.74, 6) is -1.18. The standard InChI is InChI=1S/C16H15FN2O2/c17-12-5-3-4-11(10-12)8-9-15(20)19-14-7-2-1-6-13(14)16(18)21/h1-7,10H,8-9H2,(H2,18,21)(H,19,20). The normalized spacial score (nSPS) is 10.1. The van der Waals surface area contributed by atoms with E-state index in [0.29, 0.717) is 12.1 Å². The van der Waals surface area contributed by atoms with Crippen molar-refractivity contribution in [2.75, 3.05) is 5.32 Å². The van der Waals surface area contributed by atoms with E-state index in [1.165, 1.54) is 12.1 Å². The van der Waals surface area contributed by atoms with Gasteiger partial charge in [-0.3, -0.25) is 9.59 Å². The van der Waals surface area contributed by atoms with Gasteiger partial charge in [0.15, 0.2) is 0 Å². The van der Waals surface area contributed by atoms with Crippen molar-refractivity contribution in [1.29, 1.82) is 0 Å². The fraction of sp³-hybridized carbons (Fsp3) is 0.125. The van der Waals surface area contributed by atoms with Crippen molar-refractivity contribution in [3.63, 3.8) is 0 Å². The zero-order valence-electron chi connectivity index (χ0n) is 11.3. The van der Waals surface area contributed by atoms with E-state index in [0.717, 1.165) is 5.56 Å². The summed E-state index contributed by atoms with van der Waals surface area (Å²) in [4.78, 5) is 23.1. The summed E-state index contributed by atoms with van der Waals surface area (Å²) in [6.45, 7) is 0. The van der Waals surface area contributed by atoms with Gasteiger partial charge in [-0.2, -0.15) is 0 Å². The smallest absolute Gasteiger partial charge is 0.250 e. The lowest BCUT2D eigenvalue weighted by Gasteiger charge is -2.08. The molecule has 0 atom stereocenters. The summed E-state index contributed by atoms with van der Waals surface area (Å²) in [6.07, 6.45) is 0.610. The van der Waals surface area contributed by atoms with Crippen LogP contribution in [-0.4, -0.2) is 11.8 Å². The van der Waals surface area contributed by atoms with E-state index in [1.807, 2.05) is 0 Å². The Labute approximate surface area is 121 Å². The van der Waals surface area contributed by atoms with Crippen molar-refractivity contribution in [2.24, 2.45) is 5.73 Å². The number of amides is 2. The molecule has 0 aliphatic carbocycles. The Hall–Kier alpha value is -2.69. The Morgan fingerprint density at radius 3 is 2.57 bits per heavy atom. The summed E-state index contributed by atoms with van der Waals surface area (Å²) in [5.41, 5.74) is 6.63. The Balaban J connectivity index is 1.98. The van der Waals surface area contributed by atoms with Crippen molar-refractivity contribution in [3.8, 4) is 0 Å². The summed E-state index contributed by atoms with van der Waals surface area (Å²) < 4.78 is 13.0. The lowest BCUT2D eigenvalue weighted by Crippen LogP contribution is -2.18. The number of rotatable bonds is 5. The molecule has 2 aromatic carbocycles. The molecule has 0 unspecified atom stereocenters. The van der Waals surface area contributed by atoms with E-state index in [4.69, 9.17) is 5.73 Å². The minimum atomic E-state index is -0.601. The number of halogens is 1. The van der Waals surface area contributed by atoms with Crippen LogP contribution in [0.5, 0.6) is 0 Å². The SMILES string of the molecule is NC(=O)c1ccccc1NC(=O)CCc1cccc(F)c1. The van der Waals surface area contributed by atoms with Crippen molar-refractivity contribution in [3.05, 3.63) is 65.5 Å². The number of carbonyl (C=O) groups excluding carboxylic acids is 2.